The van der Waals surface area contributed by atoms with Crippen LogP contribution in [0.15, 0.2) is 18.2 Å². The van der Waals surface area contributed by atoms with Crippen LogP contribution in [0.25, 0.3) is 0 Å². The number of rotatable bonds is 6. The Kier molecular flexibility index (Phi) is 6.43. The number of benzene rings is 1. The molecule has 0 bridgehead atoms. The average Bonchev–Trinajstić information content (AvgIpc) is 2.46. The highest BCUT2D eigenvalue weighted by Gasteiger charge is 2.16. The van der Waals surface area contributed by atoms with Gasteiger partial charge in [0.1, 0.15) is 0 Å². The summed E-state index contributed by atoms with van der Waals surface area (Å²) in [5, 5.41) is 14.1. The van der Waals surface area contributed by atoms with Gasteiger partial charge in [-0.3, -0.25) is 0 Å². The zero-order chi connectivity index (χ0) is 14.4. The van der Waals surface area contributed by atoms with Gasteiger partial charge in [-0.15, -0.1) is 0 Å². The molecule has 1 aliphatic carbocycles. The third-order valence-corrected chi connectivity index (χ3v) is 4.18. The number of aliphatic hydroxyl groups is 1. The normalized spacial score (nSPS) is 17.9. The van der Waals surface area contributed by atoms with E-state index in [0.717, 1.165) is 12.8 Å². The first kappa shape index (κ1) is 15.9. The highest BCUT2D eigenvalue weighted by molar-refractivity contribution is 6.39. The highest BCUT2D eigenvalue weighted by atomic mass is 35.5. The monoisotopic (exact) mass is 317 g/mol. The van der Waals surface area contributed by atoms with Crippen molar-refractivity contribution in [3.63, 3.8) is 0 Å². The fraction of sp³-hybridized carbons (Fsp3) is 0.600. The summed E-state index contributed by atoms with van der Waals surface area (Å²) in [6.07, 6.45) is 5.72. The molecular formula is C15H21Cl2NO2. The molecule has 5 heteroatoms. The summed E-state index contributed by atoms with van der Waals surface area (Å²) in [6.45, 7) is 0.718. The van der Waals surface area contributed by atoms with Crippen LogP contribution in [0.4, 0.5) is 5.69 Å². The van der Waals surface area contributed by atoms with Crippen LogP contribution in [0, 0.1) is 0 Å². The molecule has 1 unspecified atom stereocenters. The van der Waals surface area contributed by atoms with Crippen molar-refractivity contribution < 1.29 is 9.84 Å². The maximum Gasteiger partial charge on any atom is 0.0945 e. The Balaban J connectivity index is 1.73. The van der Waals surface area contributed by atoms with Gasteiger partial charge in [0.05, 0.1) is 34.5 Å². The second-order valence-corrected chi connectivity index (χ2v) is 6.04. The maximum absolute atomic E-state index is 9.95. The molecule has 0 amide bonds. The van der Waals surface area contributed by atoms with Crippen molar-refractivity contribution in [1.29, 1.82) is 0 Å². The van der Waals surface area contributed by atoms with Crippen LogP contribution in [-0.4, -0.2) is 30.5 Å². The molecule has 3 nitrogen and oxygen atoms in total. The number of halogens is 2. The van der Waals surface area contributed by atoms with Crippen molar-refractivity contribution in [2.75, 3.05) is 18.5 Å². The van der Waals surface area contributed by atoms with Gasteiger partial charge in [0.25, 0.3) is 0 Å². The van der Waals surface area contributed by atoms with Gasteiger partial charge in [0.2, 0.25) is 0 Å². The van der Waals surface area contributed by atoms with Gasteiger partial charge in [0.15, 0.2) is 0 Å². The standard InChI is InChI=1S/C15H21Cl2NO2/c16-13-7-4-8-14(17)15(13)18-9-11(19)10-20-12-5-2-1-3-6-12/h4,7-8,11-12,18-19H,1-3,5-6,9-10H2. The van der Waals surface area contributed by atoms with Crippen molar-refractivity contribution in [3.05, 3.63) is 28.2 Å². The first-order valence-corrected chi connectivity index (χ1v) is 7.90. The Bertz CT molecular complexity index is 402. The van der Waals surface area contributed by atoms with E-state index in [4.69, 9.17) is 27.9 Å². The topological polar surface area (TPSA) is 41.5 Å². The largest absolute Gasteiger partial charge is 0.389 e. The van der Waals surface area contributed by atoms with Crippen LogP contribution in [0.2, 0.25) is 10.0 Å². The van der Waals surface area contributed by atoms with E-state index in [2.05, 4.69) is 5.32 Å². The molecule has 1 aromatic rings. The first-order chi connectivity index (χ1) is 9.66. The van der Waals surface area contributed by atoms with E-state index in [0.29, 0.717) is 35.0 Å². The molecule has 1 fully saturated rings. The van der Waals surface area contributed by atoms with Crippen LogP contribution < -0.4 is 5.32 Å². The first-order valence-electron chi connectivity index (χ1n) is 7.14. The lowest BCUT2D eigenvalue weighted by Crippen LogP contribution is -2.28. The minimum absolute atomic E-state index is 0.308. The van der Waals surface area contributed by atoms with Crippen LogP contribution in [-0.2, 0) is 4.74 Å². The molecule has 1 aliphatic rings. The highest BCUT2D eigenvalue weighted by Crippen LogP contribution is 2.29. The SMILES string of the molecule is OC(CNc1c(Cl)cccc1Cl)COC1CCCCC1. The number of para-hydroxylation sites is 1. The molecule has 1 aromatic carbocycles. The quantitative estimate of drug-likeness (QED) is 0.829. The molecule has 1 atom stereocenters. The predicted molar refractivity (Wildman–Crippen MR) is 83.8 cm³/mol. The van der Waals surface area contributed by atoms with Gasteiger partial charge in [-0.25, -0.2) is 0 Å². The third-order valence-electron chi connectivity index (χ3n) is 3.55. The number of ether oxygens (including phenoxy) is 1. The Morgan fingerprint density at radius 1 is 1.20 bits per heavy atom. The lowest BCUT2D eigenvalue weighted by Gasteiger charge is -2.23. The zero-order valence-electron chi connectivity index (χ0n) is 11.4. The van der Waals surface area contributed by atoms with Crippen LogP contribution >= 0.6 is 23.2 Å². The van der Waals surface area contributed by atoms with E-state index < -0.39 is 6.10 Å². The molecule has 0 heterocycles. The lowest BCUT2D eigenvalue weighted by atomic mass is 9.98. The molecule has 0 radical (unpaired) electrons. The molecule has 112 valence electrons. The van der Waals surface area contributed by atoms with E-state index in [1.807, 2.05) is 0 Å². The molecule has 2 N–H and O–H groups in total. The molecule has 0 spiro atoms. The van der Waals surface area contributed by atoms with E-state index >= 15 is 0 Å². The third kappa shape index (κ3) is 4.81. The zero-order valence-corrected chi connectivity index (χ0v) is 13.0. The smallest absolute Gasteiger partial charge is 0.0945 e. The summed E-state index contributed by atoms with van der Waals surface area (Å²) in [4.78, 5) is 0. The summed E-state index contributed by atoms with van der Waals surface area (Å²) >= 11 is 12.1. The van der Waals surface area contributed by atoms with Gasteiger partial charge in [-0.2, -0.15) is 0 Å². The van der Waals surface area contributed by atoms with Crippen molar-refractivity contribution in [2.24, 2.45) is 0 Å². The fourth-order valence-corrected chi connectivity index (χ4v) is 2.96. The maximum atomic E-state index is 9.95. The average molecular weight is 318 g/mol. The predicted octanol–water partition coefficient (Wildman–Crippen LogP) is 4.12. The molecule has 20 heavy (non-hydrogen) atoms. The van der Waals surface area contributed by atoms with Gasteiger partial charge < -0.3 is 15.2 Å². The van der Waals surface area contributed by atoms with Crippen LogP contribution in [0.3, 0.4) is 0 Å². The molecular weight excluding hydrogens is 297 g/mol. The lowest BCUT2D eigenvalue weighted by molar-refractivity contribution is -0.0195. The molecule has 0 aromatic heterocycles. The minimum atomic E-state index is -0.565. The summed E-state index contributed by atoms with van der Waals surface area (Å²) in [5.74, 6) is 0. The van der Waals surface area contributed by atoms with Crippen molar-refractivity contribution in [3.8, 4) is 0 Å². The van der Waals surface area contributed by atoms with E-state index in [-0.39, 0.29) is 0 Å². The summed E-state index contributed by atoms with van der Waals surface area (Å²) < 4.78 is 5.74. The molecule has 2 rings (SSSR count). The van der Waals surface area contributed by atoms with Crippen molar-refractivity contribution in [2.45, 2.75) is 44.3 Å². The second-order valence-electron chi connectivity index (χ2n) is 5.22. The number of anilines is 1. The van der Waals surface area contributed by atoms with Gasteiger partial charge in [0, 0.05) is 6.54 Å². The van der Waals surface area contributed by atoms with E-state index in [9.17, 15) is 5.11 Å². The van der Waals surface area contributed by atoms with Crippen LogP contribution in [0.5, 0.6) is 0 Å². The molecule has 0 saturated heterocycles. The van der Waals surface area contributed by atoms with Crippen molar-refractivity contribution in [1.82, 2.24) is 0 Å². The summed E-state index contributed by atoms with van der Waals surface area (Å²) in [7, 11) is 0. The Morgan fingerprint density at radius 2 is 1.85 bits per heavy atom. The second kappa shape index (κ2) is 8.08. The van der Waals surface area contributed by atoms with Gasteiger partial charge in [-0.1, -0.05) is 48.5 Å². The number of aliphatic hydroxyl groups excluding tert-OH is 1. The fourth-order valence-electron chi connectivity index (χ4n) is 2.42. The molecule has 0 aliphatic heterocycles. The van der Waals surface area contributed by atoms with Gasteiger partial charge in [-0.05, 0) is 25.0 Å². The number of nitrogens with one attached hydrogen (secondary N) is 1. The van der Waals surface area contributed by atoms with E-state index in [1.165, 1.54) is 19.3 Å². The Labute approximate surface area is 130 Å². The summed E-state index contributed by atoms with van der Waals surface area (Å²) in [5.41, 5.74) is 0.660. The number of hydrogen-bond donors (Lipinski definition) is 2. The number of hydrogen-bond acceptors (Lipinski definition) is 3. The van der Waals surface area contributed by atoms with Crippen molar-refractivity contribution >= 4 is 28.9 Å². The summed E-state index contributed by atoms with van der Waals surface area (Å²) in [6, 6.07) is 5.32. The van der Waals surface area contributed by atoms with Gasteiger partial charge >= 0.3 is 0 Å². The molecule has 1 saturated carbocycles. The Morgan fingerprint density at radius 3 is 2.50 bits per heavy atom. The van der Waals surface area contributed by atoms with E-state index in [1.54, 1.807) is 18.2 Å². The minimum Gasteiger partial charge on any atom is -0.389 e. The van der Waals surface area contributed by atoms with Crippen LogP contribution in [0.1, 0.15) is 32.1 Å². The Hall–Kier alpha value is -0.480.